The van der Waals surface area contributed by atoms with Gasteiger partial charge in [0, 0.05) is 22.0 Å². The molecule has 0 radical (unpaired) electrons. The first kappa shape index (κ1) is 14.0. The molecule has 2 aromatic rings. The van der Waals surface area contributed by atoms with Gasteiger partial charge in [0.15, 0.2) is 5.82 Å². The van der Waals surface area contributed by atoms with Crippen molar-refractivity contribution in [2.45, 2.75) is 26.9 Å². The Hall–Kier alpha value is -0.970. The second-order valence-corrected chi connectivity index (χ2v) is 6.14. The van der Waals surface area contributed by atoms with E-state index in [2.05, 4.69) is 51.9 Å². The minimum atomic E-state index is 0.503. The molecule has 0 spiro atoms. The van der Waals surface area contributed by atoms with Gasteiger partial charge in [0.25, 0.3) is 0 Å². The van der Waals surface area contributed by atoms with Gasteiger partial charge in [-0.05, 0) is 37.1 Å². The number of halogens is 2. The molecule has 0 saturated heterocycles. The van der Waals surface area contributed by atoms with Gasteiger partial charge in [0.1, 0.15) is 5.15 Å². The highest BCUT2D eigenvalue weighted by atomic mass is 79.9. The van der Waals surface area contributed by atoms with E-state index in [9.17, 15) is 0 Å². The average molecular weight is 354 g/mol. The Balaban J connectivity index is 2.13. The number of nitrogens with zero attached hydrogens (tertiary/aromatic N) is 2. The summed E-state index contributed by atoms with van der Waals surface area (Å²) in [4.78, 5) is 9.09. The maximum absolute atomic E-state index is 6.27. The van der Waals surface area contributed by atoms with E-state index in [4.69, 9.17) is 16.3 Å². The molecule has 1 aromatic carbocycles. The Morgan fingerprint density at radius 3 is 2.60 bits per heavy atom. The summed E-state index contributed by atoms with van der Waals surface area (Å²) in [6, 6.07) is 4.16. The first-order valence-corrected chi connectivity index (χ1v) is 7.63. The largest absolute Gasteiger partial charge is 0.376 e. The Kier molecular flexibility index (Phi) is 3.80. The second-order valence-electron chi connectivity index (χ2n) is 4.99. The highest BCUT2D eigenvalue weighted by Crippen LogP contribution is 2.29. The van der Waals surface area contributed by atoms with Crippen molar-refractivity contribution in [3.63, 3.8) is 0 Å². The van der Waals surface area contributed by atoms with E-state index in [1.165, 1.54) is 11.1 Å². The van der Waals surface area contributed by atoms with E-state index >= 15 is 0 Å². The number of benzene rings is 1. The van der Waals surface area contributed by atoms with Gasteiger partial charge in [-0.3, -0.25) is 0 Å². The summed E-state index contributed by atoms with van der Waals surface area (Å²) in [5, 5.41) is 0.503. The smallest absolute Gasteiger partial charge is 0.161 e. The third-order valence-corrected chi connectivity index (χ3v) is 5.03. The quantitative estimate of drug-likeness (QED) is 0.719. The number of fused-ring (bicyclic) bond motifs is 1. The lowest BCUT2D eigenvalue weighted by Gasteiger charge is -2.17. The van der Waals surface area contributed by atoms with Crippen LogP contribution in [0.1, 0.15) is 22.4 Å². The molecule has 20 heavy (non-hydrogen) atoms. The highest BCUT2D eigenvalue weighted by Gasteiger charge is 2.18. The maximum atomic E-state index is 6.27. The summed E-state index contributed by atoms with van der Waals surface area (Å²) in [5.41, 5.74) is 5.26. The molecular formula is C15H14BrClN2O. The molecule has 0 N–H and O–H groups in total. The molecule has 5 heteroatoms. The molecule has 3 nitrogen and oxygen atoms in total. The van der Waals surface area contributed by atoms with E-state index < -0.39 is 0 Å². The molecule has 0 amide bonds. The molecule has 1 aromatic heterocycles. The second kappa shape index (κ2) is 5.43. The van der Waals surface area contributed by atoms with Gasteiger partial charge < -0.3 is 4.74 Å². The summed E-state index contributed by atoms with van der Waals surface area (Å²) < 4.78 is 6.53. The fraction of sp³-hybridized carbons (Fsp3) is 0.333. The number of rotatable bonds is 1. The fourth-order valence-corrected chi connectivity index (χ4v) is 2.87. The lowest BCUT2D eigenvalue weighted by Crippen LogP contribution is -2.14. The Morgan fingerprint density at radius 1 is 1.20 bits per heavy atom. The average Bonchev–Trinajstić information content (AvgIpc) is 2.44. The van der Waals surface area contributed by atoms with Crippen molar-refractivity contribution in [2.24, 2.45) is 0 Å². The summed E-state index contributed by atoms with van der Waals surface area (Å²) >= 11 is 9.84. The molecule has 104 valence electrons. The monoisotopic (exact) mass is 352 g/mol. The molecule has 3 rings (SSSR count). The van der Waals surface area contributed by atoms with E-state index in [1.807, 2.05) is 0 Å². The van der Waals surface area contributed by atoms with Crippen LogP contribution in [0.25, 0.3) is 11.4 Å². The Morgan fingerprint density at radius 2 is 1.90 bits per heavy atom. The van der Waals surface area contributed by atoms with Crippen molar-refractivity contribution in [1.29, 1.82) is 0 Å². The number of hydrogen-bond acceptors (Lipinski definition) is 3. The molecule has 1 aliphatic heterocycles. The van der Waals surface area contributed by atoms with Crippen molar-refractivity contribution in [3.05, 3.63) is 44.1 Å². The molecular weight excluding hydrogens is 340 g/mol. The lowest BCUT2D eigenvalue weighted by molar-refractivity contribution is 0.109. The molecule has 0 aliphatic carbocycles. The number of hydrogen-bond donors (Lipinski definition) is 0. The summed E-state index contributed by atoms with van der Waals surface area (Å²) in [6.45, 7) is 5.33. The van der Waals surface area contributed by atoms with E-state index in [0.29, 0.717) is 24.2 Å². The predicted molar refractivity (Wildman–Crippen MR) is 83.0 cm³/mol. The van der Waals surface area contributed by atoms with Crippen LogP contribution in [0.3, 0.4) is 0 Å². The van der Waals surface area contributed by atoms with Crippen LogP contribution < -0.4 is 0 Å². The van der Waals surface area contributed by atoms with Gasteiger partial charge in [-0.15, -0.1) is 0 Å². The van der Waals surface area contributed by atoms with E-state index in [-0.39, 0.29) is 0 Å². The third kappa shape index (κ3) is 2.48. The zero-order valence-corrected chi connectivity index (χ0v) is 13.7. The lowest BCUT2D eigenvalue weighted by atomic mass is 10.1. The highest BCUT2D eigenvalue weighted by molar-refractivity contribution is 9.10. The van der Waals surface area contributed by atoms with Crippen molar-refractivity contribution in [1.82, 2.24) is 9.97 Å². The van der Waals surface area contributed by atoms with Crippen LogP contribution in [0.4, 0.5) is 0 Å². The maximum Gasteiger partial charge on any atom is 0.161 e. The van der Waals surface area contributed by atoms with Crippen molar-refractivity contribution >= 4 is 27.5 Å². The molecule has 0 atom stereocenters. The van der Waals surface area contributed by atoms with Crippen LogP contribution in [0.15, 0.2) is 16.6 Å². The van der Waals surface area contributed by atoms with Gasteiger partial charge in [0.2, 0.25) is 0 Å². The summed E-state index contributed by atoms with van der Waals surface area (Å²) in [5.74, 6) is 0.689. The Labute approximate surface area is 131 Å². The van der Waals surface area contributed by atoms with Crippen LogP contribution in [0, 0.1) is 13.8 Å². The topological polar surface area (TPSA) is 35.0 Å². The number of ether oxygens (including phenoxy) is 1. The minimum Gasteiger partial charge on any atom is -0.376 e. The molecule has 1 aliphatic rings. The first-order chi connectivity index (χ1) is 9.56. The molecule has 0 saturated carbocycles. The minimum absolute atomic E-state index is 0.503. The molecule has 0 bridgehead atoms. The van der Waals surface area contributed by atoms with E-state index in [1.54, 1.807) is 0 Å². The summed E-state index contributed by atoms with van der Waals surface area (Å²) in [7, 11) is 0. The van der Waals surface area contributed by atoms with Gasteiger partial charge >= 0.3 is 0 Å². The van der Waals surface area contributed by atoms with Crippen LogP contribution >= 0.6 is 27.5 Å². The van der Waals surface area contributed by atoms with Crippen molar-refractivity contribution in [2.75, 3.05) is 6.61 Å². The zero-order chi connectivity index (χ0) is 14.3. The zero-order valence-electron chi connectivity index (χ0n) is 11.3. The SMILES string of the molecule is Cc1cc(-c2nc(Cl)c3c(n2)CCOC3)cc(C)c1Br. The van der Waals surface area contributed by atoms with Crippen LogP contribution in [0.2, 0.25) is 5.15 Å². The molecule has 0 fully saturated rings. The van der Waals surface area contributed by atoms with Crippen molar-refractivity contribution in [3.8, 4) is 11.4 Å². The molecule has 2 heterocycles. The number of aryl methyl sites for hydroxylation is 2. The fourth-order valence-electron chi connectivity index (χ4n) is 2.40. The van der Waals surface area contributed by atoms with Crippen LogP contribution in [0.5, 0.6) is 0 Å². The van der Waals surface area contributed by atoms with E-state index in [0.717, 1.165) is 27.7 Å². The standard InChI is InChI=1S/C15H14BrClN2O/c1-8-5-10(6-9(2)13(8)16)15-18-12-3-4-20-7-11(12)14(17)19-15/h5-6H,3-4,7H2,1-2H3. The molecule has 0 unspecified atom stereocenters. The van der Waals surface area contributed by atoms with Crippen LogP contribution in [-0.4, -0.2) is 16.6 Å². The third-order valence-electron chi connectivity index (χ3n) is 3.47. The number of aromatic nitrogens is 2. The predicted octanol–water partition coefficient (Wildman–Crippen LogP) is 4.25. The summed E-state index contributed by atoms with van der Waals surface area (Å²) in [6.07, 6.45) is 0.791. The van der Waals surface area contributed by atoms with Crippen LogP contribution in [-0.2, 0) is 17.8 Å². The van der Waals surface area contributed by atoms with Gasteiger partial charge in [-0.1, -0.05) is 27.5 Å². The Bertz CT molecular complexity index is 665. The first-order valence-electron chi connectivity index (χ1n) is 6.46. The van der Waals surface area contributed by atoms with Gasteiger partial charge in [-0.2, -0.15) is 0 Å². The van der Waals surface area contributed by atoms with Crippen molar-refractivity contribution < 1.29 is 4.74 Å². The normalized spacial score (nSPS) is 14.2. The van der Waals surface area contributed by atoms with Gasteiger partial charge in [0.05, 0.1) is 18.9 Å². The van der Waals surface area contributed by atoms with Gasteiger partial charge in [-0.25, -0.2) is 9.97 Å².